The summed E-state index contributed by atoms with van der Waals surface area (Å²) in [4.78, 5) is 60.9. The molecule has 206 valence electrons. The first kappa shape index (κ1) is 30.3. The highest BCUT2D eigenvalue weighted by molar-refractivity contribution is 5.93. The van der Waals surface area contributed by atoms with E-state index in [2.05, 4.69) is 6.58 Å². The first-order valence-corrected chi connectivity index (χ1v) is 12.6. The molecule has 0 aromatic carbocycles. The molecule has 9 nitrogen and oxygen atoms in total. The second kappa shape index (κ2) is 11.6. The molecular formula is C28H40O9. The maximum absolute atomic E-state index is 13.9. The Morgan fingerprint density at radius 3 is 2.08 bits per heavy atom. The number of ether oxygens (including phenoxy) is 4. The van der Waals surface area contributed by atoms with Crippen LogP contribution in [0.25, 0.3) is 0 Å². The summed E-state index contributed by atoms with van der Waals surface area (Å²) in [5.41, 5.74) is -0.270. The topological polar surface area (TPSA) is 122 Å². The lowest BCUT2D eigenvalue weighted by Crippen LogP contribution is -2.63. The molecule has 6 atom stereocenters. The van der Waals surface area contributed by atoms with E-state index in [1.54, 1.807) is 13.0 Å². The van der Waals surface area contributed by atoms with Gasteiger partial charge in [0.05, 0.1) is 0 Å². The lowest BCUT2D eigenvalue weighted by Gasteiger charge is -2.59. The molecule has 2 saturated carbocycles. The van der Waals surface area contributed by atoms with Gasteiger partial charge in [-0.3, -0.25) is 24.0 Å². The third-order valence-electron chi connectivity index (χ3n) is 7.85. The van der Waals surface area contributed by atoms with Crippen molar-refractivity contribution < 1.29 is 42.9 Å². The van der Waals surface area contributed by atoms with Gasteiger partial charge in [0.1, 0.15) is 18.8 Å². The Hall–Kier alpha value is -2.97. The van der Waals surface area contributed by atoms with E-state index in [1.807, 2.05) is 20.8 Å². The van der Waals surface area contributed by atoms with Crippen molar-refractivity contribution in [3.8, 4) is 0 Å². The summed E-state index contributed by atoms with van der Waals surface area (Å²) in [5.74, 6) is -3.22. The van der Waals surface area contributed by atoms with Crippen LogP contribution < -0.4 is 0 Å². The molecular weight excluding hydrogens is 480 g/mol. The van der Waals surface area contributed by atoms with Crippen LogP contribution >= 0.6 is 0 Å². The molecule has 9 heteroatoms. The van der Waals surface area contributed by atoms with E-state index < -0.39 is 58.9 Å². The zero-order chi connectivity index (χ0) is 28.3. The minimum absolute atomic E-state index is 0.0239. The van der Waals surface area contributed by atoms with Crippen molar-refractivity contribution >= 4 is 29.7 Å². The minimum Gasteiger partial charge on any atom is -0.462 e. The van der Waals surface area contributed by atoms with Crippen LogP contribution in [-0.2, 0) is 42.9 Å². The lowest BCUT2D eigenvalue weighted by atomic mass is 9.45. The second-order valence-corrected chi connectivity index (χ2v) is 11.0. The molecule has 2 aliphatic rings. The molecule has 0 aliphatic heterocycles. The molecule has 0 aromatic heterocycles. The quantitative estimate of drug-likeness (QED) is 0.266. The zero-order valence-electron chi connectivity index (χ0n) is 23.2. The fourth-order valence-electron chi connectivity index (χ4n) is 6.30. The van der Waals surface area contributed by atoms with E-state index in [0.717, 1.165) is 0 Å². The van der Waals surface area contributed by atoms with Gasteiger partial charge >= 0.3 is 23.9 Å². The van der Waals surface area contributed by atoms with Gasteiger partial charge in [0.15, 0.2) is 11.9 Å². The Kier molecular flexibility index (Phi) is 9.49. The van der Waals surface area contributed by atoms with Crippen LogP contribution in [0.3, 0.4) is 0 Å². The van der Waals surface area contributed by atoms with E-state index in [0.29, 0.717) is 24.0 Å². The Balaban J connectivity index is 2.56. The van der Waals surface area contributed by atoms with Gasteiger partial charge in [0.25, 0.3) is 0 Å². The highest BCUT2D eigenvalue weighted by Crippen LogP contribution is 2.61. The second-order valence-electron chi connectivity index (χ2n) is 11.0. The summed E-state index contributed by atoms with van der Waals surface area (Å²) in [6.45, 7) is 17.0. The monoisotopic (exact) mass is 520 g/mol. The molecule has 2 aliphatic carbocycles. The predicted molar refractivity (Wildman–Crippen MR) is 134 cm³/mol. The van der Waals surface area contributed by atoms with Gasteiger partial charge < -0.3 is 18.9 Å². The highest BCUT2D eigenvalue weighted by Gasteiger charge is 2.64. The summed E-state index contributed by atoms with van der Waals surface area (Å²) in [7, 11) is 0. The largest absolute Gasteiger partial charge is 0.462 e. The van der Waals surface area contributed by atoms with Crippen molar-refractivity contribution in [1.29, 1.82) is 0 Å². The molecule has 37 heavy (non-hydrogen) atoms. The maximum atomic E-state index is 13.9. The Bertz CT molecular complexity index is 992. The third kappa shape index (κ3) is 6.67. The van der Waals surface area contributed by atoms with Gasteiger partial charge in [0.2, 0.25) is 0 Å². The normalized spacial score (nSPS) is 30.0. The standard InChI is InChI=1S/C28H40O9/c1-15(11-13-34-17(3)29)22(35-18(4)30)14-21-16(2)25(37-20(6)32)24(33)26-27(7,8)23(36-19(5)31)10-12-28(21,26)9/h11,21-23,25-26H,2,10,12-14H2,1,3-9H3/b15-11+/t21-,22-,23+,25+,26+,28-/m1/s1. The maximum Gasteiger partial charge on any atom is 0.303 e. The van der Waals surface area contributed by atoms with Crippen molar-refractivity contribution in [2.24, 2.45) is 22.7 Å². The van der Waals surface area contributed by atoms with Crippen molar-refractivity contribution in [2.75, 3.05) is 6.61 Å². The molecule has 0 heterocycles. The van der Waals surface area contributed by atoms with Crippen LogP contribution in [0.2, 0.25) is 0 Å². The summed E-state index contributed by atoms with van der Waals surface area (Å²) in [6.07, 6.45) is 0.696. The number of rotatable bonds is 8. The van der Waals surface area contributed by atoms with E-state index >= 15 is 0 Å². The summed E-state index contributed by atoms with van der Waals surface area (Å²) in [6, 6.07) is 0. The van der Waals surface area contributed by atoms with Gasteiger partial charge in [0, 0.05) is 39.0 Å². The highest BCUT2D eigenvalue weighted by atomic mass is 16.6. The summed E-state index contributed by atoms with van der Waals surface area (Å²) >= 11 is 0. The molecule has 0 aromatic rings. The molecule has 0 amide bonds. The van der Waals surface area contributed by atoms with Gasteiger partial charge in [-0.15, -0.1) is 0 Å². The molecule has 0 saturated heterocycles. The third-order valence-corrected chi connectivity index (χ3v) is 7.85. The Morgan fingerprint density at radius 1 is 0.973 bits per heavy atom. The summed E-state index contributed by atoms with van der Waals surface area (Å²) < 4.78 is 21.8. The van der Waals surface area contributed by atoms with Crippen molar-refractivity contribution in [2.45, 2.75) is 93.0 Å². The smallest absolute Gasteiger partial charge is 0.303 e. The van der Waals surface area contributed by atoms with E-state index in [9.17, 15) is 24.0 Å². The van der Waals surface area contributed by atoms with Gasteiger partial charge in [-0.2, -0.15) is 0 Å². The molecule has 0 unspecified atom stereocenters. The van der Waals surface area contributed by atoms with Crippen LogP contribution in [0.4, 0.5) is 0 Å². The van der Waals surface area contributed by atoms with Gasteiger partial charge in [-0.05, 0) is 54.7 Å². The van der Waals surface area contributed by atoms with Crippen LogP contribution in [0.1, 0.15) is 74.7 Å². The van der Waals surface area contributed by atoms with Crippen LogP contribution in [0.15, 0.2) is 23.8 Å². The molecule has 0 radical (unpaired) electrons. The van der Waals surface area contributed by atoms with Crippen molar-refractivity contribution in [3.05, 3.63) is 23.8 Å². The number of hydrogen-bond acceptors (Lipinski definition) is 9. The van der Waals surface area contributed by atoms with Gasteiger partial charge in [-0.25, -0.2) is 0 Å². The summed E-state index contributed by atoms with van der Waals surface area (Å²) in [5, 5.41) is 0. The lowest BCUT2D eigenvalue weighted by molar-refractivity contribution is -0.188. The fraction of sp³-hybridized carbons (Fsp3) is 0.679. The number of ketones is 1. The SMILES string of the molecule is C=C1[C@H](OC(C)=O)C(=O)[C@H]2C(C)(C)[C@@H](OC(C)=O)CC[C@]2(C)[C@@H]1C[C@@H](OC(C)=O)/C(C)=C/COC(C)=O. The van der Waals surface area contributed by atoms with E-state index in [1.165, 1.54) is 27.7 Å². The molecule has 0 spiro atoms. The van der Waals surface area contributed by atoms with Gasteiger partial charge in [-0.1, -0.05) is 27.4 Å². The number of carbonyl (C=O) groups excluding carboxylic acids is 5. The number of hydrogen-bond donors (Lipinski definition) is 0. The number of Topliss-reactive ketones (excluding diaryl/α,β-unsaturated/α-hetero) is 1. The molecule has 2 rings (SSSR count). The first-order chi connectivity index (χ1) is 17.0. The Morgan fingerprint density at radius 2 is 1.57 bits per heavy atom. The number of esters is 4. The van der Waals surface area contributed by atoms with Crippen molar-refractivity contribution in [1.82, 2.24) is 0 Å². The molecule has 2 fully saturated rings. The predicted octanol–water partition coefficient (Wildman–Crippen LogP) is 3.88. The van der Waals surface area contributed by atoms with Crippen LogP contribution in [-0.4, -0.2) is 54.6 Å². The number of carbonyl (C=O) groups is 5. The van der Waals surface area contributed by atoms with Crippen molar-refractivity contribution in [3.63, 3.8) is 0 Å². The Labute approximate surface area is 218 Å². The molecule has 0 bridgehead atoms. The minimum atomic E-state index is -1.17. The molecule has 0 N–H and O–H groups in total. The first-order valence-electron chi connectivity index (χ1n) is 12.6. The number of fused-ring (bicyclic) bond motifs is 1. The fourth-order valence-corrected chi connectivity index (χ4v) is 6.30. The van der Waals surface area contributed by atoms with E-state index in [4.69, 9.17) is 18.9 Å². The average molecular weight is 521 g/mol. The van der Waals surface area contributed by atoms with Crippen LogP contribution in [0.5, 0.6) is 0 Å². The van der Waals surface area contributed by atoms with Crippen LogP contribution in [0, 0.1) is 22.7 Å². The average Bonchev–Trinajstić information content (AvgIpc) is 2.74. The van der Waals surface area contributed by atoms with E-state index in [-0.39, 0.29) is 24.7 Å². The zero-order valence-corrected chi connectivity index (χ0v) is 23.2.